The van der Waals surface area contributed by atoms with Crippen LogP contribution in [0, 0.1) is 0 Å². The summed E-state index contributed by atoms with van der Waals surface area (Å²) in [5, 5.41) is 14.2. The fraction of sp³-hybridized carbons (Fsp3) is 0.263. The summed E-state index contributed by atoms with van der Waals surface area (Å²) in [4.78, 5) is 40.5. The first kappa shape index (κ1) is 18.8. The lowest BCUT2D eigenvalue weighted by molar-refractivity contribution is -0.137. The predicted octanol–water partition coefficient (Wildman–Crippen LogP) is 2.57. The zero-order chi connectivity index (χ0) is 19.2. The maximum Gasteiger partial charge on any atom is 0.303 e. The van der Waals surface area contributed by atoms with E-state index < -0.39 is 5.97 Å². The second kappa shape index (κ2) is 8.59. The smallest absolute Gasteiger partial charge is 0.303 e. The van der Waals surface area contributed by atoms with Crippen LogP contribution in [0.1, 0.15) is 30.9 Å². The van der Waals surface area contributed by atoms with E-state index >= 15 is 0 Å². The first-order valence-electron chi connectivity index (χ1n) is 8.53. The highest BCUT2D eigenvalue weighted by molar-refractivity contribution is 7.16. The molecular formula is C19H19N3O4S. The first-order valence-corrected chi connectivity index (χ1v) is 9.41. The van der Waals surface area contributed by atoms with Gasteiger partial charge < -0.3 is 10.4 Å². The molecule has 0 aliphatic heterocycles. The maximum atomic E-state index is 12.4. The fourth-order valence-electron chi connectivity index (χ4n) is 2.82. The average Bonchev–Trinajstić information content (AvgIpc) is 3.15. The predicted molar refractivity (Wildman–Crippen MR) is 103 cm³/mol. The molecule has 7 nitrogen and oxygen atoms in total. The van der Waals surface area contributed by atoms with Gasteiger partial charge in [0, 0.05) is 19.4 Å². The molecule has 0 bridgehead atoms. The number of aliphatic carboxylic acids is 1. The number of carbonyl (C=O) groups is 2. The molecule has 0 saturated heterocycles. The van der Waals surface area contributed by atoms with E-state index in [9.17, 15) is 14.4 Å². The van der Waals surface area contributed by atoms with E-state index in [-0.39, 0.29) is 36.9 Å². The van der Waals surface area contributed by atoms with E-state index in [1.165, 1.54) is 22.2 Å². The lowest BCUT2D eigenvalue weighted by Gasteiger charge is -2.18. The molecule has 0 fully saturated rings. The monoisotopic (exact) mass is 385 g/mol. The molecule has 140 valence electrons. The first-order chi connectivity index (χ1) is 13.0. The highest BCUT2D eigenvalue weighted by Crippen LogP contribution is 2.18. The summed E-state index contributed by atoms with van der Waals surface area (Å²) in [5.74, 6) is -1.15. The van der Waals surface area contributed by atoms with Crippen LogP contribution < -0.4 is 10.9 Å². The van der Waals surface area contributed by atoms with Crippen molar-refractivity contribution in [1.82, 2.24) is 14.9 Å². The third kappa shape index (κ3) is 4.79. The van der Waals surface area contributed by atoms with Gasteiger partial charge in [0.15, 0.2) is 0 Å². The summed E-state index contributed by atoms with van der Waals surface area (Å²) in [6, 6.07) is 10.6. The standard InChI is InChI=1S/C19H19N3O4S/c23-16(8-10-22-12-20-18-14(19(22)26)9-11-27-18)21-15(6-7-17(24)25)13-4-2-1-3-5-13/h1-5,9,11-12,15H,6-8,10H2,(H,21,23)(H,24,25). The van der Waals surface area contributed by atoms with Crippen molar-refractivity contribution in [2.24, 2.45) is 0 Å². The van der Waals surface area contributed by atoms with Crippen molar-refractivity contribution < 1.29 is 14.7 Å². The van der Waals surface area contributed by atoms with E-state index in [0.717, 1.165) is 5.56 Å². The normalized spacial score (nSPS) is 12.0. The molecule has 27 heavy (non-hydrogen) atoms. The maximum absolute atomic E-state index is 12.4. The molecule has 0 aliphatic rings. The van der Waals surface area contributed by atoms with E-state index in [1.54, 1.807) is 6.07 Å². The van der Waals surface area contributed by atoms with Crippen molar-refractivity contribution in [3.05, 3.63) is 64.0 Å². The molecule has 2 N–H and O–H groups in total. The number of hydrogen-bond acceptors (Lipinski definition) is 5. The molecule has 3 rings (SSSR count). The highest BCUT2D eigenvalue weighted by Gasteiger charge is 2.16. The molecule has 8 heteroatoms. The zero-order valence-electron chi connectivity index (χ0n) is 14.5. The molecule has 1 amide bonds. The molecule has 3 aromatic rings. The number of carbonyl (C=O) groups excluding carboxylic acids is 1. The Morgan fingerprint density at radius 2 is 1.96 bits per heavy atom. The topological polar surface area (TPSA) is 101 Å². The number of aryl methyl sites for hydroxylation is 1. The highest BCUT2D eigenvalue weighted by atomic mass is 32.1. The Morgan fingerprint density at radius 1 is 1.19 bits per heavy atom. The SMILES string of the molecule is O=C(O)CCC(NC(=O)CCn1cnc2sccc2c1=O)c1ccccc1. The minimum atomic E-state index is -0.910. The Labute approximate surface area is 159 Å². The van der Waals surface area contributed by atoms with Gasteiger partial charge in [-0.05, 0) is 23.4 Å². The summed E-state index contributed by atoms with van der Waals surface area (Å²) >= 11 is 1.40. The second-order valence-electron chi connectivity index (χ2n) is 6.10. The van der Waals surface area contributed by atoms with Crippen LogP contribution in [0.25, 0.3) is 10.2 Å². The number of thiophene rings is 1. The van der Waals surface area contributed by atoms with Gasteiger partial charge in [0.25, 0.3) is 5.56 Å². The molecule has 2 aromatic heterocycles. The third-order valence-electron chi connectivity index (χ3n) is 4.21. The molecule has 0 saturated carbocycles. The summed E-state index contributed by atoms with van der Waals surface area (Å²) < 4.78 is 1.42. The van der Waals surface area contributed by atoms with Crippen molar-refractivity contribution >= 4 is 33.4 Å². The Hall–Kier alpha value is -3.00. The summed E-state index contributed by atoms with van der Waals surface area (Å²) in [6.45, 7) is 0.212. The Kier molecular flexibility index (Phi) is 5.97. The molecule has 1 unspecified atom stereocenters. The Bertz CT molecular complexity index is 997. The zero-order valence-corrected chi connectivity index (χ0v) is 15.3. The number of fused-ring (bicyclic) bond motifs is 1. The number of aromatic nitrogens is 2. The van der Waals surface area contributed by atoms with E-state index in [2.05, 4.69) is 10.3 Å². The van der Waals surface area contributed by atoms with Crippen LogP contribution in [0.3, 0.4) is 0 Å². The number of amides is 1. The number of nitrogens with one attached hydrogen (secondary N) is 1. The molecule has 0 spiro atoms. The van der Waals surface area contributed by atoms with Gasteiger partial charge >= 0.3 is 5.97 Å². The van der Waals surface area contributed by atoms with Crippen LogP contribution in [0.4, 0.5) is 0 Å². The van der Waals surface area contributed by atoms with E-state index in [4.69, 9.17) is 5.11 Å². The van der Waals surface area contributed by atoms with Crippen molar-refractivity contribution in [1.29, 1.82) is 0 Å². The fourth-order valence-corrected chi connectivity index (χ4v) is 3.54. The number of hydrogen-bond donors (Lipinski definition) is 2. The summed E-state index contributed by atoms with van der Waals surface area (Å²) in [6.07, 6.45) is 1.81. The van der Waals surface area contributed by atoms with E-state index in [1.807, 2.05) is 35.7 Å². The minimum absolute atomic E-state index is 0.0436. The Balaban J connectivity index is 1.65. The molecule has 0 aliphatic carbocycles. The summed E-state index contributed by atoms with van der Waals surface area (Å²) in [5.41, 5.74) is 0.685. The molecular weight excluding hydrogens is 366 g/mol. The number of nitrogens with zero attached hydrogens (tertiary/aromatic N) is 2. The number of carboxylic acid groups (broad SMARTS) is 1. The lowest BCUT2D eigenvalue weighted by atomic mass is 10.0. The molecule has 1 atom stereocenters. The largest absolute Gasteiger partial charge is 0.481 e. The van der Waals surface area contributed by atoms with Crippen LogP contribution in [-0.2, 0) is 16.1 Å². The van der Waals surface area contributed by atoms with Crippen molar-refractivity contribution in [3.63, 3.8) is 0 Å². The molecule has 1 aromatic carbocycles. The van der Waals surface area contributed by atoms with Gasteiger partial charge in [-0.25, -0.2) is 4.98 Å². The minimum Gasteiger partial charge on any atom is -0.481 e. The van der Waals surface area contributed by atoms with Crippen LogP contribution in [0.2, 0.25) is 0 Å². The number of benzene rings is 1. The van der Waals surface area contributed by atoms with Gasteiger partial charge in [-0.3, -0.25) is 19.0 Å². The van der Waals surface area contributed by atoms with Crippen LogP contribution in [0.5, 0.6) is 0 Å². The van der Waals surface area contributed by atoms with E-state index in [0.29, 0.717) is 16.6 Å². The van der Waals surface area contributed by atoms with Crippen molar-refractivity contribution in [2.45, 2.75) is 31.8 Å². The van der Waals surface area contributed by atoms with Gasteiger partial charge in [0.1, 0.15) is 4.83 Å². The van der Waals surface area contributed by atoms with Gasteiger partial charge in [0.05, 0.1) is 17.8 Å². The third-order valence-corrected chi connectivity index (χ3v) is 5.03. The average molecular weight is 385 g/mol. The Morgan fingerprint density at radius 3 is 2.70 bits per heavy atom. The van der Waals surface area contributed by atoms with Gasteiger partial charge in [0.2, 0.25) is 5.91 Å². The van der Waals surface area contributed by atoms with Crippen molar-refractivity contribution in [3.8, 4) is 0 Å². The van der Waals surface area contributed by atoms with Crippen LogP contribution in [-0.4, -0.2) is 26.5 Å². The van der Waals surface area contributed by atoms with Gasteiger partial charge in [-0.1, -0.05) is 30.3 Å². The van der Waals surface area contributed by atoms with Gasteiger partial charge in [-0.15, -0.1) is 11.3 Å². The molecule has 2 heterocycles. The van der Waals surface area contributed by atoms with Crippen molar-refractivity contribution in [2.75, 3.05) is 0 Å². The second-order valence-corrected chi connectivity index (χ2v) is 6.99. The summed E-state index contributed by atoms with van der Waals surface area (Å²) in [7, 11) is 0. The lowest BCUT2D eigenvalue weighted by Crippen LogP contribution is -2.31. The quantitative estimate of drug-likeness (QED) is 0.621. The van der Waals surface area contributed by atoms with Crippen LogP contribution in [0.15, 0.2) is 52.9 Å². The molecule has 0 radical (unpaired) electrons. The number of rotatable bonds is 8. The van der Waals surface area contributed by atoms with Gasteiger partial charge in [-0.2, -0.15) is 0 Å². The number of carboxylic acids is 1. The van der Waals surface area contributed by atoms with Crippen LogP contribution >= 0.6 is 11.3 Å².